The molecule has 1 amide bonds. The maximum Gasteiger partial charge on any atom is 0.267 e. The van der Waals surface area contributed by atoms with Crippen LogP contribution in [0.15, 0.2) is 59.4 Å². The van der Waals surface area contributed by atoms with Crippen molar-refractivity contribution in [1.29, 1.82) is 0 Å². The third kappa shape index (κ3) is 3.35. The average molecular weight is 389 g/mol. The first-order valence-corrected chi connectivity index (χ1v) is 9.50. The lowest BCUT2D eigenvalue weighted by Crippen LogP contribution is -2.40. The Kier molecular flexibility index (Phi) is 4.27. The third-order valence-corrected chi connectivity index (χ3v) is 5.30. The molecule has 0 aliphatic carbocycles. The number of benzene rings is 2. The molecule has 0 saturated heterocycles. The first-order valence-electron chi connectivity index (χ1n) is 9.50. The molecule has 146 valence electrons. The fourth-order valence-electron chi connectivity index (χ4n) is 3.71. The molecule has 7 heteroatoms. The summed E-state index contributed by atoms with van der Waals surface area (Å²) in [5.41, 5.74) is 3.51. The number of rotatable bonds is 3. The van der Waals surface area contributed by atoms with Crippen LogP contribution in [0.4, 0.5) is 0 Å². The van der Waals surface area contributed by atoms with Crippen LogP contribution in [0.5, 0.6) is 11.5 Å². The third-order valence-electron chi connectivity index (χ3n) is 5.30. The normalized spacial score (nSPS) is 14.6. The summed E-state index contributed by atoms with van der Waals surface area (Å²) in [4.78, 5) is 26.9. The predicted octanol–water partition coefficient (Wildman–Crippen LogP) is 2.22. The highest BCUT2D eigenvalue weighted by Gasteiger charge is 2.21. The fraction of sp³-hybridized carbons (Fsp3) is 0.227. The number of aromatic nitrogens is 2. The Morgan fingerprint density at radius 1 is 1.00 bits per heavy atom. The van der Waals surface area contributed by atoms with Crippen molar-refractivity contribution in [3.63, 3.8) is 0 Å². The highest BCUT2D eigenvalue weighted by atomic mass is 16.7. The van der Waals surface area contributed by atoms with Crippen molar-refractivity contribution in [2.45, 2.75) is 19.5 Å². The summed E-state index contributed by atoms with van der Waals surface area (Å²) in [5, 5.41) is 4.41. The lowest BCUT2D eigenvalue weighted by molar-refractivity contribution is -0.133. The number of fused-ring (bicyclic) bond motifs is 2. The molecule has 2 aliphatic heterocycles. The van der Waals surface area contributed by atoms with Gasteiger partial charge in [-0.15, -0.1) is 0 Å². The molecule has 0 atom stereocenters. The fourth-order valence-corrected chi connectivity index (χ4v) is 3.71. The molecule has 0 fully saturated rings. The van der Waals surface area contributed by atoms with Crippen molar-refractivity contribution in [3.05, 3.63) is 76.1 Å². The highest BCUT2D eigenvalue weighted by molar-refractivity contribution is 5.76. The summed E-state index contributed by atoms with van der Waals surface area (Å²) < 4.78 is 12.0. The first-order chi connectivity index (χ1) is 14.2. The molecule has 0 bridgehead atoms. The van der Waals surface area contributed by atoms with Crippen LogP contribution in [0.1, 0.15) is 11.1 Å². The standard InChI is InChI=1S/C22H19N3O4/c26-21-8-6-18(16-5-7-19-20(11-16)29-14-28-19)23-25(21)13-22(27)24-10-9-15-3-1-2-4-17(15)12-24/h1-8,11H,9-10,12-14H2. The quantitative estimate of drug-likeness (QED) is 0.687. The molecule has 5 rings (SSSR count). The van der Waals surface area contributed by atoms with Gasteiger partial charge in [-0.3, -0.25) is 9.59 Å². The summed E-state index contributed by atoms with van der Waals surface area (Å²) in [5.74, 6) is 1.21. The zero-order chi connectivity index (χ0) is 19.8. The van der Waals surface area contributed by atoms with Gasteiger partial charge in [0.1, 0.15) is 6.54 Å². The lowest BCUT2D eigenvalue weighted by atomic mass is 10.00. The zero-order valence-electron chi connectivity index (χ0n) is 15.7. The van der Waals surface area contributed by atoms with Gasteiger partial charge in [0, 0.05) is 24.7 Å². The van der Waals surface area contributed by atoms with Gasteiger partial charge in [0.2, 0.25) is 12.7 Å². The van der Waals surface area contributed by atoms with Gasteiger partial charge in [0.15, 0.2) is 11.5 Å². The van der Waals surface area contributed by atoms with Crippen LogP contribution < -0.4 is 15.0 Å². The topological polar surface area (TPSA) is 73.7 Å². The molecule has 3 heterocycles. The second-order valence-electron chi connectivity index (χ2n) is 7.12. The number of amides is 1. The number of carbonyl (C=O) groups is 1. The van der Waals surface area contributed by atoms with Crippen LogP contribution in [0.25, 0.3) is 11.3 Å². The molecular weight excluding hydrogens is 370 g/mol. The van der Waals surface area contributed by atoms with Gasteiger partial charge in [0.25, 0.3) is 5.56 Å². The molecule has 3 aromatic rings. The van der Waals surface area contributed by atoms with E-state index in [1.165, 1.54) is 16.3 Å². The summed E-state index contributed by atoms with van der Waals surface area (Å²) >= 11 is 0. The van der Waals surface area contributed by atoms with Crippen LogP contribution in [-0.2, 0) is 24.3 Å². The van der Waals surface area contributed by atoms with Gasteiger partial charge in [-0.25, -0.2) is 4.68 Å². The van der Waals surface area contributed by atoms with Gasteiger partial charge in [-0.2, -0.15) is 5.10 Å². The molecule has 0 saturated carbocycles. The van der Waals surface area contributed by atoms with Crippen LogP contribution in [0, 0.1) is 0 Å². The van der Waals surface area contributed by atoms with E-state index in [1.807, 2.05) is 36.4 Å². The van der Waals surface area contributed by atoms with E-state index in [2.05, 4.69) is 11.2 Å². The Morgan fingerprint density at radius 2 is 1.83 bits per heavy atom. The van der Waals surface area contributed by atoms with Crippen molar-refractivity contribution >= 4 is 5.91 Å². The van der Waals surface area contributed by atoms with E-state index < -0.39 is 0 Å². The van der Waals surface area contributed by atoms with Crippen molar-refractivity contribution in [2.75, 3.05) is 13.3 Å². The molecule has 0 radical (unpaired) electrons. The van der Waals surface area contributed by atoms with E-state index in [4.69, 9.17) is 9.47 Å². The number of nitrogens with zero attached hydrogens (tertiary/aromatic N) is 3. The molecule has 0 unspecified atom stereocenters. The molecular formula is C22H19N3O4. The molecule has 0 spiro atoms. The Labute approximate surface area is 167 Å². The predicted molar refractivity (Wildman–Crippen MR) is 106 cm³/mol. The van der Waals surface area contributed by atoms with Crippen LogP contribution in [0.3, 0.4) is 0 Å². The van der Waals surface area contributed by atoms with Gasteiger partial charge < -0.3 is 14.4 Å². The minimum Gasteiger partial charge on any atom is -0.454 e. The monoisotopic (exact) mass is 389 g/mol. The summed E-state index contributed by atoms with van der Waals surface area (Å²) in [6.07, 6.45) is 0.821. The number of hydrogen-bond donors (Lipinski definition) is 0. The largest absolute Gasteiger partial charge is 0.454 e. The van der Waals surface area contributed by atoms with E-state index in [1.54, 1.807) is 11.0 Å². The lowest BCUT2D eigenvalue weighted by Gasteiger charge is -2.29. The Balaban J connectivity index is 1.37. The van der Waals surface area contributed by atoms with Crippen molar-refractivity contribution in [1.82, 2.24) is 14.7 Å². The van der Waals surface area contributed by atoms with Gasteiger partial charge in [-0.1, -0.05) is 24.3 Å². The van der Waals surface area contributed by atoms with E-state index in [0.717, 1.165) is 17.5 Å². The number of hydrogen-bond acceptors (Lipinski definition) is 5. The van der Waals surface area contributed by atoms with Gasteiger partial charge >= 0.3 is 0 Å². The maximum absolute atomic E-state index is 12.8. The molecule has 1 aromatic heterocycles. The second-order valence-corrected chi connectivity index (χ2v) is 7.12. The van der Waals surface area contributed by atoms with Crippen LogP contribution in [0.2, 0.25) is 0 Å². The number of ether oxygens (including phenoxy) is 2. The Morgan fingerprint density at radius 3 is 2.72 bits per heavy atom. The summed E-state index contributed by atoms with van der Waals surface area (Å²) in [6, 6.07) is 16.7. The van der Waals surface area contributed by atoms with Crippen molar-refractivity contribution in [2.24, 2.45) is 0 Å². The van der Waals surface area contributed by atoms with E-state index >= 15 is 0 Å². The average Bonchev–Trinajstić information content (AvgIpc) is 3.23. The second kappa shape index (κ2) is 7.09. The van der Waals surface area contributed by atoms with E-state index in [-0.39, 0.29) is 24.8 Å². The van der Waals surface area contributed by atoms with Gasteiger partial charge in [-0.05, 0) is 41.8 Å². The molecule has 7 nitrogen and oxygen atoms in total. The first kappa shape index (κ1) is 17.5. The molecule has 2 aromatic carbocycles. The number of carbonyl (C=O) groups excluding carboxylic acids is 1. The van der Waals surface area contributed by atoms with Crippen LogP contribution >= 0.6 is 0 Å². The SMILES string of the molecule is O=C(Cn1nc(-c2ccc3c(c2)OCO3)ccc1=O)N1CCc2ccccc2C1. The van der Waals surface area contributed by atoms with E-state index in [9.17, 15) is 9.59 Å². The smallest absolute Gasteiger partial charge is 0.267 e. The Hall–Kier alpha value is -3.61. The van der Waals surface area contributed by atoms with Crippen molar-refractivity contribution < 1.29 is 14.3 Å². The highest BCUT2D eigenvalue weighted by Crippen LogP contribution is 2.35. The van der Waals surface area contributed by atoms with Gasteiger partial charge in [0.05, 0.1) is 5.69 Å². The zero-order valence-corrected chi connectivity index (χ0v) is 15.7. The Bertz CT molecular complexity index is 1150. The van der Waals surface area contributed by atoms with Crippen LogP contribution in [-0.4, -0.2) is 33.9 Å². The molecule has 0 N–H and O–H groups in total. The maximum atomic E-state index is 12.8. The minimum atomic E-state index is -0.305. The van der Waals surface area contributed by atoms with E-state index in [0.29, 0.717) is 30.3 Å². The summed E-state index contributed by atoms with van der Waals surface area (Å²) in [7, 11) is 0. The minimum absolute atomic E-state index is 0.0839. The summed E-state index contributed by atoms with van der Waals surface area (Å²) in [6.45, 7) is 1.32. The molecule has 2 aliphatic rings. The molecule has 29 heavy (non-hydrogen) atoms. The van der Waals surface area contributed by atoms with Crippen molar-refractivity contribution in [3.8, 4) is 22.8 Å².